The van der Waals surface area contributed by atoms with E-state index in [4.69, 9.17) is 18.3 Å². The molecule has 1 rings (SSSR count). The second kappa shape index (κ2) is 15.1. The van der Waals surface area contributed by atoms with E-state index >= 15 is 0 Å². The maximum Gasteiger partial charge on any atom is 0.399 e. The lowest BCUT2D eigenvalue weighted by Crippen LogP contribution is -2.67. The summed E-state index contributed by atoms with van der Waals surface area (Å²) >= 11 is 0. The van der Waals surface area contributed by atoms with Crippen molar-refractivity contribution in [3.05, 3.63) is 0 Å². The molecule has 0 unspecified atom stereocenters. The average molecular weight is 377 g/mol. The van der Waals surface area contributed by atoms with Crippen molar-refractivity contribution in [2.45, 2.75) is 104 Å². The smallest absolute Gasteiger partial charge is 0.392 e. The van der Waals surface area contributed by atoms with E-state index in [1.54, 1.807) is 0 Å². The zero-order valence-corrected chi connectivity index (χ0v) is 18.8. The van der Waals surface area contributed by atoms with Crippen LogP contribution in [0.4, 0.5) is 0 Å². The Balaban J connectivity index is 0.000000697. The molecule has 0 amide bonds. The van der Waals surface area contributed by atoms with Crippen LogP contribution < -0.4 is 0 Å². The number of hydrogen-bond donors (Lipinski definition) is 0. The van der Waals surface area contributed by atoms with Crippen molar-refractivity contribution < 1.29 is 18.3 Å². The molecule has 4 nitrogen and oxygen atoms in total. The first kappa shape index (κ1) is 25.1. The lowest BCUT2D eigenvalue weighted by molar-refractivity contribution is -0.211. The van der Waals surface area contributed by atoms with E-state index in [1.807, 2.05) is 27.7 Å². The van der Waals surface area contributed by atoms with E-state index < -0.39 is 14.0 Å². The van der Waals surface area contributed by atoms with E-state index in [1.165, 1.54) is 32.1 Å². The molecule has 5 heteroatoms. The molecule has 1 fully saturated rings. The Morgan fingerprint density at radius 1 is 0.680 bits per heavy atom. The molecule has 0 aromatic rings. The van der Waals surface area contributed by atoms with Gasteiger partial charge in [0.2, 0.25) is 5.41 Å². The molecular formula is C20H44O4Si. The highest BCUT2D eigenvalue weighted by Gasteiger charge is 2.61. The third-order valence-corrected chi connectivity index (χ3v) is 8.78. The lowest BCUT2D eigenvalue weighted by atomic mass is 10.2. The molecule has 0 aliphatic carbocycles. The van der Waals surface area contributed by atoms with Crippen LogP contribution in [-0.4, -0.2) is 40.4 Å². The van der Waals surface area contributed by atoms with Crippen molar-refractivity contribution in [1.82, 2.24) is 0 Å². The molecule has 1 heterocycles. The Hall–Kier alpha value is 0.0569. The van der Waals surface area contributed by atoms with E-state index in [9.17, 15) is 0 Å². The summed E-state index contributed by atoms with van der Waals surface area (Å²) < 4.78 is 24.2. The van der Waals surface area contributed by atoms with E-state index in [0.29, 0.717) is 26.4 Å². The summed E-state index contributed by atoms with van der Waals surface area (Å²) in [5.74, 6) is 0. The summed E-state index contributed by atoms with van der Waals surface area (Å²) in [5.41, 5.74) is -0.610. The van der Waals surface area contributed by atoms with E-state index in [2.05, 4.69) is 13.8 Å². The van der Waals surface area contributed by atoms with Gasteiger partial charge in [0.1, 0.15) is 0 Å². The zero-order chi connectivity index (χ0) is 19.0. The van der Waals surface area contributed by atoms with E-state index in [0.717, 1.165) is 25.3 Å². The molecule has 0 aromatic carbocycles. The highest BCUT2D eigenvalue weighted by molar-refractivity contribution is 6.70. The minimum Gasteiger partial charge on any atom is -0.392 e. The van der Waals surface area contributed by atoms with Gasteiger partial charge < -0.3 is 18.3 Å². The van der Waals surface area contributed by atoms with Crippen LogP contribution in [0.2, 0.25) is 6.04 Å². The highest BCUT2D eigenvalue weighted by Crippen LogP contribution is 2.41. The maximum atomic E-state index is 6.10. The van der Waals surface area contributed by atoms with Crippen LogP contribution in [0, 0.1) is 0 Å². The molecule has 152 valence electrons. The Morgan fingerprint density at radius 3 is 1.60 bits per heavy atom. The quantitative estimate of drug-likeness (QED) is 0.239. The minimum absolute atomic E-state index is 0.610. The SMILES string of the molecule is CCCCCCC.CCOC1(OCC)CCCC[Si]1(OCC)OCC. The standard InChI is InChI=1S/C13H28O4Si.C7H16/c1-5-14-13(15-6-2)11-9-10-12-18(13,16-7-3)17-8-4;1-3-5-7-6-4-2/h5-12H2,1-4H3;3-7H2,1-2H3. The Bertz CT molecular complexity index is 248. The van der Waals surface area contributed by atoms with Crippen molar-refractivity contribution in [2.24, 2.45) is 0 Å². The van der Waals surface area contributed by atoms with Crippen LogP contribution in [0.15, 0.2) is 0 Å². The van der Waals surface area contributed by atoms with Crippen LogP contribution in [-0.2, 0) is 18.3 Å². The molecule has 0 saturated carbocycles. The Morgan fingerprint density at radius 2 is 1.20 bits per heavy atom. The van der Waals surface area contributed by atoms with Gasteiger partial charge in [0, 0.05) is 32.8 Å². The summed E-state index contributed by atoms with van der Waals surface area (Å²) in [4.78, 5) is 0. The summed E-state index contributed by atoms with van der Waals surface area (Å²) in [6.45, 7) is 15.1. The summed E-state index contributed by atoms with van der Waals surface area (Å²) in [6, 6.07) is 0.967. The fourth-order valence-corrected chi connectivity index (χ4v) is 7.64. The molecule has 1 saturated heterocycles. The third-order valence-electron chi connectivity index (χ3n) is 4.56. The normalized spacial score (nSPS) is 18.5. The predicted molar refractivity (Wildman–Crippen MR) is 108 cm³/mol. The maximum absolute atomic E-state index is 6.10. The fraction of sp³-hybridized carbons (Fsp3) is 1.00. The van der Waals surface area contributed by atoms with Gasteiger partial charge in [0.15, 0.2) is 0 Å². The molecule has 0 bridgehead atoms. The molecule has 0 radical (unpaired) electrons. The lowest BCUT2D eigenvalue weighted by Gasteiger charge is -2.48. The average Bonchev–Trinajstić information content (AvgIpc) is 2.60. The van der Waals surface area contributed by atoms with Crippen LogP contribution in [0.5, 0.6) is 0 Å². The highest BCUT2D eigenvalue weighted by atomic mass is 28.4. The van der Waals surface area contributed by atoms with Crippen molar-refractivity contribution in [3.63, 3.8) is 0 Å². The van der Waals surface area contributed by atoms with Crippen molar-refractivity contribution in [3.8, 4) is 0 Å². The zero-order valence-electron chi connectivity index (χ0n) is 17.8. The molecule has 1 aliphatic rings. The molecule has 1 aliphatic heterocycles. The summed E-state index contributed by atoms with van der Waals surface area (Å²) in [5, 5.41) is 0. The van der Waals surface area contributed by atoms with Crippen LogP contribution in [0.25, 0.3) is 0 Å². The van der Waals surface area contributed by atoms with Gasteiger partial charge in [-0.3, -0.25) is 0 Å². The molecule has 25 heavy (non-hydrogen) atoms. The van der Waals surface area contributed by atoms with Gasteiger partial charge in [-0.25, -0.2) is 0 Å². The first-order valence-corrected chi connectivity index (χ1v) is 12.7. The third kappa shape index (κ3) is 8.08. The predicted octanol–water partition coefficient (Wildman–Crippen LogP) is 5.97. The topological polar surface area (TPSA) is 36.9 Å². The van der Waals surface area contributed by atoms with Gasteiger partial charge in [-0.1, -0.05) is 52.4 Å². The van der Waals surface area contributed by atoms with Gasteiger partial charge >= 0.3 is 8.56 Å². The van der Waals surface area contributed by atoms with Crippen molar-refractivity contribution >= 4 is 8.56 Å². The molecule has 0 aromatic heterocycles. The number of rotatable bonds is 12. The molecule has 0 atom stereocenters. The largest absolute Gasteiger partial charge is 0.399 e. The van der Waals surface area contributed by atoms with Gasteiger partial charge in [0.05, 0.1) is 0 Å². The van der Waals surface area contributed by atoms with Crippen molar-refractivity contribution in [2.75, 3.05) is 26.4 Å². The monoisotopic (exact) mass is 376 g/mol. The Kier molecular flexibility index (Phi) is 15.2. The number of unbranched alkanes of at least 4 members (excludes halogenated alkanes) is 4. The summed E-state index contributed by atoms with van der Waals surface area (Å²) in [6.07, 6.45) is 10.2. The molecule has 0 spiro atoms. The van der Waals surface area contributed by atoms with Crippen LogP contribution in [0.3, 0.4) is 0 Å². The van der Waals surface area contributed by atoms with Gasteiger partial charge in [-0.2, -0.15) is 0 Å². The van der Waals surface area contributed by atoms with Gasteiger partial charge in [-0.05, 0) is 40.2 Å². The van der Waals surface area contributed by atoms with Crippen molar-refractivity contribution in [1.29, 1.82) is 0 Å². The van der Waals surface area contributed by atoms with Crippen LogP contribution in [0.1, 0.15) is 92.9 Å². The Labute approximate surface area is 158 Å². The van der Waals surface area contributed by atoms with E-state index in [-0.39, 0.29) is 0 Å². The second-order valence-corrected chi connectivity index (χ2v) is 9.85. The number of ether oxygens (including phenoxy) is 2. The minimum atomic E-state index is -2.45. The van der Waals surface area contributed by atoms with Gasteiger partial charge in [-0.15, -0.1) is 0 Å². The van der Waals surface area contributed by atoms with Gasteiger partial charge in [0.25, 0.3) is 0 Å². The summed E-state index contributed by atoms with van der Waals surface area (Å²) in [7, 11) is -2.45. The first-order chi connectivity index (χ1) is 12.1. The first-order valence-electron chi connectivity index (χ1n) is 10.7. The molecular weight excluding hydrogens is 332 g/mol. The van der Waals surface area contributed by atoms with Crippen LogP contribution >= 0.6 is 0 Å². The molecule has 0 N–H and O–H groups in total. The number of hydrogen-bond acceptors (Lipinski definition) is 4. The second-order valence-electron chi connectivity index (χ2n) is 6.51. The fourth-order valence-electron chi connectivity index (χ4n) is 3.52.